The van der Waals surface area contributed by atoms with Crippen molar-refractivity contribution in [3.05, 3.63) is 46.8 Å². The monoisotopic (exact) mass is 227 g/mol. The third-order valence-electron chi connectivity index (χ3n) is 1.87. The van der Waals surface area contributed by atoms with E-state index in [4.69, 9.17) is 11.6 Å². The van der Waals surface area contributed by atoms with Crippen LogP contribution in [0, 0.1) is 12.7 Å². The van der Waals surface area contributed by atoms with Gasteiger partial charge >= 0.3 is 0 Å². The van der Waals surface area contributed by atoms with Gasteiger partial charge in [-0.25, -0.2) is 4.39 Å². The minimum Gasteiger partial charge on any atom is -0.347 e. The predicted molar refractivity (Wildman–Crippen MR) is 58.5 cm³/mol. The van der Waals surface area contributed by atoms with Crippen molar-refractivity contribution < 1.29 is 9.18 Å². The van der Waals surface area contributed by atoms with E-state index < -0.39 is 5.82 Å². The van der Waals surface area contributed by atoms with E-state index in [2.05, 4.69) is 11.9 Å². The van der Waals surface area contributed by atoms with E-state index >= 15 is 0 Å². The van der Waals surface area contributed by atoms with Crippen LogP contribution in [0.4, 0.5) is 4.39 Å². The normalized spacial score (nSPS) is 9.80. The molecule has 15 heavy (non-hydrogen) atoms. The number of amides is 1. The smallest absolute Gasteiger partial charge is 0.251 e. The minimum absolute atomic E-state index is 0.176. The van der Waals surface area contributed by atoms with Crippen molar-refractivity contribution in [2.24, 2.45) is 0 Å². The fraction of sp³-hybridized carbons (Fsp3) is 0.182. The number of nitrogens with one attached hydrogen (secondary N) is 1. The van der Waals surface area contributed by atoms with E-state index in [9.17, 15) is 9.18 Å². The van der Waals surface area contributed by atoms with Gasteiger partial charge in [-0.15, -0.1) is 0 Å². The van der Waals surface area contributed by atoms with E-state index in [1.807, 2.05) is 0 Å². The third kappa shape index (κ3) is 3.36. The summed E-state index contributed by atoms with van der Waals surface area (Å²) >= 11 is 5.48. The van der Waals surface area contributed by atoms with Gasteiger partial charge in [0.1, 0.15) is 5.82 Å². The molecule has 1 N–H and O–H groups in total. The molecule has 0 radical (unpaired) electrons. The molecule has 0 saturated carbocycles. The molecule has 0 unspecified atom stereocenters. The van der Waals surface area contributed by atoms with Crippen molar-refractivity contribution in [2.45, 2.75) is 6.92 Å². The maximum Gasteiger partial charge on any atom is 0.251 e. The van der Waals surface area contributed by atoms with Crippen molar-refractivity contribution in [3.63, 3.8) is 0 Å². The Bertz CT molecular complexity index is 404. The Kier molecular flexibility index (Phi) is 3.86. The average molecular weight is 228 g/mol. The van der Waals surface area contributed by atoms with Gasteiger partial charge < -0.3 is 5.32 Å². The van der Waals surface area contributed by atoms with Crippen molar-refractivity contribution in [1.82, 2.24) is 5.32 Å². The zero-order valence-corrected chi connectivity index (χ0v) is 9.07. The Balaban J connectivity index is 2.74. The largest absolute Gasteiger partial charge is 0.347 e. The van der Waals surface area contributed by atoms with Gasteiger partial charge in [0.05, 0.1) is 6.54 Å². The first kappa shape index (κ1) is 11.7. The second kappa shape index (κ2) is 4.94. The first-order valence-electron chi connectivity index (χ1n) is 4.38. The molecule has 0 spiro atoms. The second-order valence-electron chi connectivity index (χ2n) is 3.16. The molecule has 1 aromatic carbocycles. The molecule has 0 fully saturated rings. The molecule has 0 aliphatic rings. The zero-order chi connectivity index (χ0) is 11.4. The summed E-state index contributed by atoms with van der Waals surface area (Å²) in [5.41, 5.74) is 0.782. The second-order valence-corrected chi connectivity index (χ2v) is 3.70. The standard InChI is InChI=1S/C11H11ClFNO/c1-7-3-4-9(5-10(7)13)11(15)14-6-8(2)12/h3-5H,2,6H2,1H3,(H,14,15). The highest BCUT2D eigenvalue weighted by Gasteiger charge is 2.07. The van der Waals surface area contributed by atoms with Gasteiger partial charge in [0, 0.05) is 10.6 Å². The van der Waals surface area contributed by atoms with Crippen LogP contribution in [0.1, 0.15) is 15.9 Å². The van der Waals surface area contributed by atoms with E-state index in [1.165, 1.54) is 6.07 Å². The Morgan fingerprint density at radius 2 is 2.27 bits per heavy atom. The Hall–Kier alpha value is -1.35. The maximum absolute atomic E-state index is 13.1. The summed E-state index contributed by atoms with van der Waals surface area (Å²) in [6, 6.07) is 4.31. The average Bonchev–Trinajstić information content (AvgIpc) is 2.18. The quantitative estimate of drug-likeness (QED) is 0.845. The molecule has 0 atom stereocenters. The summed E-state index contributed by atoms with van der Waals surface area (Å²) in [6.45, 7) is 5.24. The summed E-state index contributed by atoms with van der Waals surface area (Å²) < 4.78 is 13.1. The lowest BCUT2D eigenvalue weighted by Crippen LogP contribution is -2.24. The summed E-state index contributed by atoms with van der Waals surface area (Å²) in [5, 5.41) is 2.84. The van der Waals surface area contributed by atoms with Gasteiger partial charge in [0.25, 0.3) is 5.91 Å². The van der Waals surface area contributed by atoms with Gasteiger partial charge in [-0.3, -0.25) is 4.79 Å². The molecule has 0 aliphatic carbocycles. The highest BCUT2D eigenvalue weighted by atomic mass is 35.5. The van der Waals surface area contributed by atoms with Gasteiger partial charge in [-0.2, -0.15) is 0 Å². The van der Waals surface area contributed by atoms with Crippen LogP contribution in [-0.2, 0) is 0 Å². The SMILES string of the molecule is C=C(Cl)CNC(=O)c1ccc(C)c(F)c1. The van der Waals surface area contributed by atoms with E-state index in [-0.39, 0.29) is 18.0 Å². The third-order valence-corrected chi connectivity index (χ3v) is 2.01. The Morgan fingerprint density at radius 1 is 1.60 bits per heavy atom. The lowest BCUT2D eigenvalue weighted by Gasteiger charge is -2.04. The van der Waals surface area contributed by atoms with Crippen LogP contribution in [-0.4, -0.2) is 12.5 Å². The molecule has 1 aromatic rings. The minimum atomic E-state index is -0.396. The first-order valence-corrected chi connectivity index (χ1v) is 4.76. The molecule has 0 aromatic heterocycles. The molecular weight excluding hydrogens is 217 g/mol. The van der Waals surface area contributed by atoms with Crippen LogP contribution < -0.4 is 5.32 Å². The molecule has 2 nitrogen and oxygen atoms in total. The van der Waals surface area contributed by atoms with Gasteiger partial charge in [-0.1, -0.05) is 24.2 Å². The molecule has 0 saturated heterocycles. The van der Waals surface area contributed by atoms with E-state index in [1.54, 1.807) is 19.1 Å². The molecule has 1 rings (SSSR count). The number of aryl methyl sites for hydroxylation is 1. The Labute approximate surface area is 92.7 Å². The molecule has 0 aliphatic heterocycles. The Morgan fingerprint density at radius 3 is 2.80 bits per heavy atom. The lowest BCUT2D eigenvalue weighted by atomic mass is 10.1. The van der Waals surface area contributed by atoms with Crippen LogP contribution in [0.25, 0.3) is 0 Å². The molecule has 4 heteroatoms. The predicted octanol–water partition coefficient (Wildman–Crippen LogP) is 2.62. The maximum atomic E-state index is 13.1. The molecule has 1 amide bonds. The van der Waals surface area contributed by atoms with Crippen molar-refractivity contribution in [1.29, 1.82) is 0 Å². The van der Waals surface area contributed by atoms with Crippen LogP contribution in [0.2, 0.25) is 0 Å². The van der Waals surface area contributed by atoms with Crippen LogP contribution in [0.3, 0.4) is 0 Å². The number of carbonyl (C=O) groups is 1. The molecule has 0 heterocycles. The van der Waals surface area contributed by atoms with Gasteiger partial charge in [0.15, 0.2) is 0 Å². The fourth-order valence-corrected chi connectivity index (χ4v) is 1.08. The van der Waals surface area contributed by atoms with Crippen molar-refractivity contribution in [3.8, 4) is 0 Å². The number of benzene rings is 1. The number of rotatable bonds is 3. The zero-order valence-electron chi connectivity index (χ0n) is 8.31. The molecular formula is C11H11ClFNO. The highest BCUT2D eigenvalue weighted by Crippen LogP contribution is 2.09. The fourth-order valence-electron chi connectivity index (χ4n) is 1.01. The summed E-state index contributed by atoms with van der Waals surface area (Å²) in [7, 11) is 0. The topological polar surface area (TPSA) is 29.1 Å². The molecule has 80 valence electrons. The van der Waals surface area contributed by atoms with Crippen molar-refractivity contribution >= 4 is 17.5 Å². The van der Waals surface area contributed by atoms with Crippen LogP contribution in [0.15, 0.2) is 29.8 Å². The lowest BCUT2D eigenvalue weighted by molar-refractivity contribution is 0.0957. The number of hydrogen-bond donors (Lipinski definition) is 1. The summed E-state index contributed by atoms with van der Waals surface area (Å²) in [6.07, 6.45) is 0. The van der Waals surface area contributed by atoms with E-state index in [0.29, 0.717) is 10.6 Å². The number of carbonyl (C=O) groups excluding carboxylic acids is 1. The van der Waals surface area contributed by atoms with Crippen LogP contribution >= 0.6 is 11.6 Å². The van der Waals surface area contributed by atoms with Gasteiger partial charge in [0.2, 0.25) is 0 Å². The number of halogens is 2. The summed E-state index contributed by atoms with van der Waals surface area (Å²) in [5.74, 6) is -0.761. The first-order chi connectivity index (χ1) is 7.00. The molecule has 0 bridgehead atoms. The van der Waals surface area contributed by atoms with E-state index in [0.717, 1.165) is 0 Å². The van der Waals surface area contributed by atoms with Crippen molar-refractivity contribution in [2.75, 3.05) is 6.54 Å². The van der Waals surface area contributed by atoms with Crippen LogP contribution in [0.5, 0.6) is 0 Å². The van der Waals surface area contributed by atoms with Gasteiger partial charge in [-0.05, 0) is 24.6 Å². The number of hydrogen-bond acceptors (Lipinski definition) is 1. The summed E-state index contributed by atoms with van der Waals surface area (Å²) in [4.78, 5) is 11.4. The highest BCUT2D eigenvalue weighted by molar-refractivity contribution is 6.29.